The number of carbonyl (C=O) groups is 1. The number of hydrogen-bond acceptors (Lipinski definition) is 3. The highest BCUT2D eigenvalue weighted by Gasteiger charge is 2.54. The first-order valence-corrected chi connectivity index (χ1v) is 8.30. The highest BCUT2D eigenvalue weighted by atomic mass is 32.2. The van der Waals surface area contributed by atoms with Crippen LogP contribution in [0.2, 0.25) is 0 Å². The Kier molecular flexibility index (Phi) is 5.80. The summed E-state index contributed by atoms with van der Waals surface area (Å²) in [5, 5.41) is 12.3. The second-order valence-corrected chi connectivity index (χ2v) is 6.58. The zero-order valence-electron chi connectivity index (χ0n) is 12.5. The number of piperidine rings is 1. The van der Waals surface area contributed by atoms with Gasteiger partial charge in [0.25, 0.3) is 0 Å². The van der Waals surface area contributed by atoms with Crippen molar-refractivity contribution in [2.45, 2.75) is 29.5 Å². The highest BCUT2D eigenvalue weighted by Crippen LogP contribution is 2.38. The number of carbonyl (C=O) groups excluding carboxylic acids is 1. The predicted molar refractivity (Wildman–Crippen MR) is 82.4 cm³/mol. The van der Waals surface area contributed by atoms with Crippen molar-refractivity contribution < 1.29 is 23.1 Å². The number of benzene rings is 1. The number of likely N-dealkylation sites (tertiary alicyclic amines) is 1. The lowest BCUT2D eigenvalue weighted by Crippen LogP contribution is -2.55. The summed E-state index contributed by atoms with van der Waals surface area (Å²) in [4.78, 5) is 14.3. The van der Waals surface area contributed by atoms with E-state index in [2.05, 4.69) is 5.32 Å². The van der Waals surface area contributed by atoms with E-state index >= 15 is 0 Å². The van der Waals surface area contributed by atoms with Gasteiger partial charge in [-0.2, -0.15) is 13.2 Å². The maximum absolute atomic E-state index is 12.7. The van der Waals surface area contributed by atoms with Gasteiger partial charge in [-0.25, -0.2) is 4.79 Å². The Hall–Kier alpha value is -1.41. The van der Waals surface area contributed by atoms with Crippen molar-refractivity contribution >= 4 is 17.8 Å². The largest absolute Gasteiger partial charge is 0.417 e. The number of nitrogens with zero attached hydrogens (tertiary/aromatic N) is 1. The van der Waals surface area contributed by atoms with Crippen molar-refractivity contribution in [1.29, 1.82) is 0 Å². The molecule has 0 radical (unpaired) electrons. The Morgan fingerprint density at radius 2 is 1.87 bits per heavy atom. The van der Waals surface area contributed by atoms with Gasteiger partial charge in [0, 0.05) is 43.1 Å². The molecule has 2 rings (SSSR count). The standard InChI is InChI=1S/C15H19F3N2O2S/c16-15(17,18)14(22)6-9-20(10-7-14)13(21)19-8-11-23-12-4-2-1-3-5-12/h1-5,22H,6-11H2,(H,19,21). The lowest BCUT2D eigenvalue weighted by Gasteiger charge is -2.39. The summed E-state index contributed by atoms with van der Waals surface area (Å²) < 4.78 is 38.1. The first-order valence-electron chi connectivity index (χ1n) is 7.31. The third-order valence-electron chi connectivity index (χ3n) is 3.80. The normalized spacial score (nSPS) is 17.8. The van der Waals surface area contributed by atoms with Crippen LogP contribution < -0.4 is 5.32 Å². The number of rotatable bonds is 4. The lowest BCUT2D eigenvalue weighted by atomic mass is 9.91. The molecule has 1 heterocycles. The number of amides is 2. The molecule has 128 valence electrons. The smallest absolute Gasteiger partial charge is 0.380 e. The zero-order chi connectivity index (χ0) is 16.9. The Morgan fingerprint density at radius 3 is 2.43 bits per heavy atom. The van der Waals surface area contributed by atoms with Crippen LogP contribution in [0.3, 0.4) is 0 Å². The maximum atomic E-state index is 12.7. The lowest BCUT2D eigenvalue weighted by molar-refractivity contribution is -0.271. The van der Waals surface area contributed by atoms with Crippen LogP contribution in [-0.2, 0) is 0 Å². The first kappa shape index (κ1) is 17.9. The van der Waals surface area contributed by atoms with Crippen molar-refractivity contribution in [1.82, 2.24) is 10.2 Å². The fourth-order valence-electron chi connectivity index (χ4n) is 2.32. The third kappa shape index (κ3) is 4.78. The van der Waals surface area contributed by atoms with Crippen molar-refractivity contribution in [3.63, 3.8) is 0 Å². The van der Waals surface area contributed by atoms with E-state index in [0.29, 0.717) is 12.3 Å². The summed E-state index contributed by atoms with van der Waals surface area (Å²) >= 11 is 1.59. The molecule has 1 saturated heterocycles. The summed E-state index contributed by atoms with van der Waals surface area (Å²) in [6.07, 6.45) is -5.62. The van der Waals surface area contributed by atoms with E-state index in [1.165, 1.54) is 4.90 Å². The monoisotopic (exact) mass is 348 g/mol. The molecule has 0 unspecified atom stereocenters. The van der Waals surface area contributed by atoms with E-state index in [0.717, 1.165) is 4.90 Å². The van der Waals surface area contributed by atoms with Crippen LogP contribution in [0.1, 0.15) is 12.8 Å². The van der Waals surface area contributed by atoms with Crippen LogP contribution >= 0.6 is 11.8 Å². The van der Waals surface area contributed by atoms with Crippen LogP contribution in [0.5, 0.6) is 0 Å². The molecule has 1 aliphatic heterocycles. The summed E-state index contributed by atoms with van der Waals surface area (Å²) in [5.41, 5.74) is -2.67. The number of hydrogen-bond donors (Lipinski definition) is 2. The molecular weight excluding hydrogens is 329 g/mol. The van der Waals surface area contributed by atoms with Crippen molar-refractivity contribution in [2.24, 2.45) is 0 Å². The molecule has 8 heteroatoms. The van der Waals surface area contributed by atoms with E-state index in [1.807, 2.05) is 30.3 Å². The highest BCUT2D eigenvalue weighted by molar-refractivity contribution is 7.99. The first-order chi connectivity index (χ1) is 10.8. The molecular formula is C15H19F3N2O2S. The summed E-state index contributed by atoms with van der Waals surface area (Å²) in [7, 11) is 0. The minimum absolute atomic E-state index is 0.104. The maximum Gasteiger partial charge on any atom is 0.417 e. The van der Waals surface area contributed by atoms with Gasteiger partial charge in [0.1, 0.15) is 0 Å². The van der Waals surface area contributed by atoms with Crippen LogP contribution in [0.15, 0.2) is 35.2 Å². The number of alkyl halides is 3. The number of nitrogens with one attached hydrogen (secondary N) is 1. The van der Waals surface area contributed by atoms with E-state index < -0.39 is 24.6 Å². The molecule has 0 saturated carbocycles. The molecule has 23 heavy (non-hydrogen) atoms. The van der Waals surface area contributed by atoms with Gasteiger partial charge >= 0.3 is 12.2 Å². The van der Waals surface area contributed by atoms with Crippen molar-refractivity contribution in [3.8, 4) is 0 Å². The summed E-state index contributed by atoms with van der Waals surface area (Å²) in [5.74, 6) is 0.677. The van der Waals surface area contributed by atoms with Crippen LogP contribution in [-0.4, -0.2) is 53.2 Å². The average Bonchev–Trinajstić information content (AvgIpc) is 2.52. The van der Waals surface area contributed by atoms with Gasteiger partial charge in [0.2, 0.25) is 0 Å². The minimum atomic E-state index is -4.65. The van der Waals surface area contributed by atoms with Gasteiger partial charge in [0.15, 0.2) is 5.60 Å². The number of thioether (sulfide) groups is 1. The Labute approximate surface area is 137 Å². The molecule has 0 atom stereocenters. The number of halogens is 3. The molecule has 4 nitrogen and oxygen atoms in total. The summed E-state index contributed by atoms with van der Waals surface area (Å²) in [6, 6.07) is 9.32. The van der Waals surface area contributed by atoms with Gasteiger partial charge < -0.3 is 15.3 Å². The van der Waals surface area contributed by atoms with E-state index in [1.54, 1.807) is 11.8 Å². The van der Waals surface area contributed by atoms with Gasteiger partial charge in [-0.15, -0.1) is 11.8 Å². The van der Waals surface area contributed by atoms with Gasteiger partial charge in [0.05, 0.1) is 0 Å². The van der Waals surface area contributed by atoms with E-state index in [4.69, 9.17) is 0 Å². The number of aliphatic hydroxyl groups is 1. The van der Waals surface area contributed by atoms with Crippen molar-refractivity contribution in [2.75, 3.05) is 25.4 Å². The minimum Gasteiger partial charge on any atom is -0.380 e. The molecule has 2 amide bonds. The molecule has 0 bridgehead atoms. The van der Waals surface area contributed by atoms with Crippen LogP contribution in [0.4, 0.5) is 18.0 Å². The molecule has 1 aromatic rings. The fourth-order valence-corrected chi connectivity index (χ4v) is 3.11. The van der Waals surface area contributed by atoms with Crippen molar-refractivity contribution in [3.05, 3.63) is 30.3 Å². The molecule has 0 spiro atoms. The second-order valence-electron chi connectivity index (χ2n) is 5.41. The number of urea groups is 1. The fraction of sp³-hybridized carbons (Fsp3) is 0.533. The summed E-state index contributed by atoms with van der Waals surface area (Å²) in [6.45, 7) is 0.222. The predicted octanol–water partition coefficient (Wildman–Crippen LogP) is 2.88. The quantitative estimate of drug-likeness (QED) is 0.650. The van der Waals surface area contributed by atoms with Gasteiger partial charge in [-0.3, -0.25) is 0 Å². The molecule has 0 aliphatic carbocycles. The van der Waals surface area contributed by atoms with Crippen LogP contribution in [0, 0.1) is 0 Å². The van der Waals surface area contributed by atoms with Crippen LogP contribution in [0.25, 0.3) is 0 Å². The third-order valence-corrected chi connectivity index (χ3v) is 4.81. The molecule has 2 N–H and O–H groups in total. The van der Waals surface area contributed by atoms with Gasteiger partial charge in [-0.05, 0) is 12.1 Å². The van der Waals surface area contributed by atoms with E-state index in [9.17, 15) is 23.1 Å². The molecule has 0 aromatic heterocycles. The SMILES string of the molecule is O=C(NCCSc1ccccc1)N1CCC(O)(C(F)(F)F)CC1. The van der Waals surface area contributed by atoms with E-state index in [-0.39, 0.29) is 19.1 Å². The topological polar surface area (TPSA) is 52.6 Å². The van der Waals surface area contributed by atoms with Gasteiger partial charge in [-0.1, -0.05) is 18.2 Å². The zero-order valence-corrected chi connectivity index (χ0v) is 13.3. The molecule has 1 fully saturated rings. The Morgan fingerprint density at radius 1 is 1.26 bits per heavy atom. The average molecular weight is 348 g/mol. The second kappa shape index (κ2) is 7.44. The Bertz CT molecular complexity index is 517. The molecule has 1 aliphatic rings. The molecule has 1 aromatic carbocycles. The Balaban J connectivity index is 1.69.